The fraction of sp³-hybridized carbons (Fsp3) is 0.438. The summed E-state index contributed by atoms with van der Waals surface area (Å²) in [6.45, 7) is 3.40. The molecule has 6 heteroatoms. The van der Waals surface area contributed by atoms with E-state index in [0.29, 0.717) is 12.7 Å². The van der Waals surface area contributed by atoms with Gasteiger partial charge in [0.05, 0.1) is 12.3 Å². The Morgan fingerprint density at radius 3 is 2.55 bits per heavy atom. The van der Waals surface area contributed by atoms with Crippen LogP contribution in [0.15, 0.2) is 36.5 Å². The second-order valence-corrected chi connectivity index (χ2v) is 5.74. The van der Waals surface area contributed by atoms with Crippen LogP contribution in [0, 0.1) is 10.1 Å². The highest BCUT2D eigenvalue weighted by Crippen LogP contribution is 2.29. The van der Waals surface area contributed by atoms with Gasteiger partial charge in [0, 0.05) is 12.6 Å². The summed E-state index contributed by atoms with van der Waals surface area (Å²) < 4.78 is 1.47. The lowest BCUT2D eigenvalue weighted by molar-refractivity contribution is -0.393. The van der Waals surface area contributed by atoms with E-state index in [1.54, 1.807) is 0 Å². The molecule has 1 aliphatic carbocycles. The maximum Gasteiger partial charge on any atom is 0.346 e. The number of aryl methyl sites for hydroxylation is 1. The monoisotopic (exact) mass is 300 g/mol. The van der Waals surface area contributed by atoms with E-state index in [-0.39, 0.29) is 10.7 Å². The van der Waals surface area contributed by atoms with Crippen LogP contribution in [0.3, 0.4) is 0 Å². The Balaban J connectivity index is 1.72. The van der Waals surface area contributed by atoms with Gasteiger partial charge in [0.1, 0.15) is 0 Å². The minimum atomic E-state index is -0.381. The molecule has 0 aliphatic heterocycles. The van der Waals surface area contributed by atoms with Crippen molar-refractivity contribution in [3.8, 4) is 0 Å². The molecule has 1 aliphatic rings. The van der Waals surface area contributed by atoms with Gasteiger partial charge in [-0.05, 0) is 35.3 Å². The highest BCUT2D eigenvalue weighted by Gasteiger charge is 2.31. The van der Waals surface area contributed by atoms with Crippen molar-refractivity contribution in [2.24, 2.45) is 0 Å². The van der Waals surface area contributed by atoms with Gasteiger partial charge in [0.15, 0.2) is 6.67 Å². The van der Waals surface area contributed by atoms with E-state index < -0.39 is 0 Å². The highest BCUT2D eigenvalue weighted by molar-refractivity contribution is 5.22. The highest BCUT2D eigenvalue weighted by atomic mass is 16.6. The van der Waals surface area contributed by atoms with Crippen LogP contribution in [0.5, 0.6) is 0 Å². The molecule has 6 nitrogen and oxygen atoms in total. The Hall–Kier alpha value is -2.21. The summed E-state index contributed by atoms with van der Waals surface area (Å²) in [7, 11) is 0. The van der Waals surface area contributed by atoms with Gasteiger partial charge >= 0.3 is 5.82 Å². The van der Waals surface area contributed by atoms with E-state index in [1.165, 1.54) is 28.1 Å². The maximum absolute atomic E-state index is 11.0. The topological polar surface area (TPSA) is 64.2 Å². The molecule has 1 fully saturated rings. The zero-order valence-corrected chi connectivity index (χ0v) is 12.7. The molecule has 2 aromatic rings. The molecular formula is C16H20N4O2. The quantitative estimate of drug-likeness (QED) is 0.582. The molecule has 0 radical (unpaired) electrons. The third-order valence-corrected chi connectivity index (χ3v) is 4.08. The number of benzene rings is 1. The van der Waals surface area contributed by atoms with Crippen LogP contribution in [0.1, 0.15) is 30.9 Å². The second-order valence-electron chi connectivity index (χ2n) is 5.74. The zero-order valence-electron chi connectivity index (χ0n) is 12.7. The van der Waals surface area contributed by atoms with Gasteiger partial charge in [-0.25, -0.2) is 0 Å². The van der Waals surface area contributed by atoms with Crippen LogP contribution in [0.4, 0.5) is 5.82 Å². The molecule has 1 aromatic heterocycles. The van der Waals surface area contributed by atoms with Gasteiger partial charge in [-0.1, -0.05) is 36.3 Å². The Morgan fingerprint density at radius 1 is 1.27 bits per heavy atom. The lowest BCUT2D eigenvalue weighted by Gasteiger charge is -2.19. The number of hydrogen-bond acceptors (Lipinski definition) is 4. The number of nitrogens with zero attached hydrogens (tertiary/aromatic N) is 4. The number of hydrogen-bond donors (Lipinski definition) is 0. The maximum atomic E-state index is 11.0. The van der Waals surface area contributed by atoms with Crippen molar-refractivity contribution >= 4 is 5.82 Å². The Bertz CT molecular complexity index is 646. The Kier molecular flexibility index (Phi) is 4.20. The summed E-state index contributed by atoms with van der Waals surface area (Å²) in [4.78, 5) is 12.9. The predicted octanol–water partition coefficient (Wildman–Crippen LogP) is 2.98. The molecule has 116 valence electrons. The van der Waals surface area contributed by atoms with Crippen LogP contribution >= 0.6 is 0 Å². The summed E-state index contributed by atoms with van der Waals surface area (Å²) in [6.07, 6.45) is 4.83. The molecule has 22 heavy (non-hydrogen) atoms. The standard InChI is InChI=1S/C16H20N4O2/c1-2-13-3-5-14(6-4-13)11-18(15-7-8-15)12-19-16(20(21)22)9-10-17-19/h3-6,9-10,15H,2,7-8,11-12H2,1H3. The fourth-order valence-corrected chi connectivity index (χ4v) is 2.61. The summed E-state index contributed by atoms with van der Waals surface area (Å²) in [5.41, 5.74) is 2.56. The molecule has 0 N–H and O–H groups in total. The number of aromatic nitrogens is 2. The van der Waals surface area contributed by atoms with Crippen molar-refractivity contribution in [1.29, 1.82) is 0 Å². The van der Waals surface area contributed by atoms with Crippen molar-refractivity contribution in [3.63, 3.8) is 0 Å². The van der Waals surface area contributed by atoms with Crippen molar-refractivity contribution in [1.82, 2.24) is 14.7 Å². The normalized spacial score (nSPS) is 14.5. The average molecular weight is 300 g/mol. The third-order valence-electron chi connectivity index (χ3n) is 4.08. The summed E-state index contributed by atoms with van der Waals surface area (Å²) in [6, 6.07) is 10.5. The summed E-state index contributed by atoms with van der Waals surface area (Å²) in [5.74, 6) is 0.0481. The number of rotatable bonds is 7. The fourth-order valence-electron chi connectivity index (χ4n) is 2.61. The van der Waals surface area contributed by atoms with Crippen molar-refractivity contribution < 1.29 is 4.92 Å². The third kappa shape index (κ3) is 3.33. The van der Waals surface area contributed by atoms with Gasteiger partial charge in [-0.2, -0.15) is 0 Å². The first kappa shape index (κ1) is 14.7. The van der Waals surface area contributed by atoms with Crippen LogP contribution in [-0.4, -0.2) is 25.6 Å². The van der Waals surface area contributed by atoms with Crippen LogP contribution in [-0.2, 0) is 19.6 Å². The SMILES string of the molecule is CCc1ccc(CN(Cn2nccc2[N+](=O)[O-])C2CC2)cc1. The van der Waals surface area contributed by atoms with E-state index in [9.17, 15) is 10.1 Å². The molecule has 0 atom stereocenters. The second kappa shape index (κ2) is 6.27. The predicted molar refractivity (Wildman–Crippen MR) is 83.3 cm³/mol. The van der Waals surface area contributed by atoms with Gasteiger partial charge in [-0.3, -0.25) is 4.90 Å². The van der Waals surface area contributed by atoms with Crippen molar-refractivity contribution in [3.05, 3.63) is 57.8 Å². The molecule has 0 saturated heterocycles. The molecule has 3 rings (SSSR count). The summed E-state index contributed by atoms with van der Waals surface area (Å²) >= 11 is 0. The largest absolute Gasteiger partial charge is 0.358 e. The van der Waals surface area contributed by atoms with Crippen molar-refractivity contribution in [2.45, 2.75) is 45.4 Å². The van der Waals surface area contributed by atoms with E-state index in [0.717, 1.165) is 25.8 Å². The van der Waals surface area contributed by atoms with Crippen LogP contribution in [0.2, 0.25) is 0 Å². The Labute approximate surface area is 129 Å². The van der Waals surface area contributed by atoms with E-state index >= 15 is 0 Å². The molecule has 0 amide bonds. The molecule has 0 bridgehead atoms. The first-order valence-electron chi connectivity index (χ1n) is 7.65. The molecule has 0 spiro atoms. The lowest BCUT2D eigenvalue weighted by Crippen LogP contribution is -2.29. The van der Waals surface area contributed by atoms with Gasteiger partial charge in [-0.15, -0.1) is 4.68 Å². The van der Waals surface area contributed by atoms with E-state index in [2.05, 4.69) is 41.2 Å². The zero-order chi connectivity index (χ0) is 15.5. The molecule has 1 aromatic carbocycles. The van der Waals surface area contributed by atoms with Crippen LogP contribution in [0.25, 0.3) is 0 Å². The van der Waals surface area contributed by atoms with Gasteiger partial charge < -0.3 is 10.1 Å². The summed E-state index contributed by atoms with van der Waals surface area (Å²) in [5, 5.41) is 15.1. The van der Waals surface area contributed by atoms with E-state index in [4.69, 9.17) is 0 Å². The van der Waals surface area contributed by atoms with Gasteiger partial charge in [0.2, 0.25) is 0 Å². The van der Waals surface area contributed by atoms with Crippen LogP contribution < -0.4 is 0 Å². The Morgan fingerprint density at radius 2 is 1.95 bits per heavy atom. The van der Waals surface area contributed by atoms with Crippen molar-refractivity contribution in [2.75, 3.05) is 0 Å². The average Bonchev–Trinajstić information content (AvgIpc) is 3.26. The minimum absolute atomic E-state index is 0.0481. The number of nitro groups is 1. The van der Waals surface area contributed by atoms with E-state index in [1.807, 2.05) is 0 Å². The smallest absolute Gasteiger partial charge is 0.346 e. The lowest BCUT2D eigenvalue weighted by atomic mass is 10.1. The van der Waals surface area contributed by atoms with Gasteiger partial charge in [0.25, 0.3) is 0 Å². The molecule has 1 saturated carbocycles. The molecule has 1 heterocycles. The first-order chi connectivity index (χ1) is 10.7. The first-order valence-corrected chi connectivity index (χ1v) is 7.65. The molecular weight excluding hydrogens is 280 g/mol. The molecule has 0 unspecified atom stereocenters. The minimum Gasteiger partial charge on any atom is -0.358 e.